The van der Waals surface area contributed by atoms with E-state index in [1.54, 1.807) is 6.26 Å². The first-order valence-corrected chi connectivity index (χ1v) is 11.4. The van der Waals surface area contributed by atoms with Gasteiger partial charge in [-0.05, 0) is 63.3 Å². The molecule has 0 aliphatic carbocycles. The number of benzene rings is 2. The first-order chi connectivity index (χ1) is 16.2. The lowest BCUT2D eigenvalue weighted by Crippen LogP contribution is -2.46. The highest BCUT2D eigenvalue weighted by atomic mass is 16.5. The van der Waals surface area contributed by atoms with Crippen molar-refractivity contribution in [1.82, 2.24) is 9.80 Å². The third kappa shape index (κ3) is 4.66. The minimum Gasteiger partial charge on any atom is -0.489 e. The lowest BCUT2D eigenvalue weighted by Gasteiger charge is -2.36. The molecule has 0 spiro atoms. The molecule has 1 aliphatic heterocycles. The van der Waals surface area contributed by atoms with Crippen LogP contribution < -0.4 is 4.74 Å². The van der Waals surface area contributed by atoms with Crippen LogP contribution in [0.2, 0.25) is 0 Å². The summed E-state index contributed by atoms with van der Waals surface area (Å²) in [7, 11) is 2.12. The molecule has 1 amide bonds. The van der Waals surface area contributed by atoms with Crippen molar-refractivity contribution < 1.29 is 18.4 Å². The molecule has 1 aliphatic rings. The van der Waals surface area contributed by atoms with E-state index in [0.29, 0.717) is 17.9 Å². The molecule has 6 heteroatoms. The molecule has 2 aromatic heterocycles. The van der Waals surface area contributed by atoms with Gasteiger partial charge >= 0.3 is 0 Å². The van der Waals surface area contributed by atoms with Crippen molar-refractivity contribution in [2.24, 2.45) is 0 Å². The van der Waals surface area contributed by atoms with Crippen LogP contribution >= 0.6 is 0 Å². The van der Waals surface area contributed by atoms with Crippen LogP contribution in [0.15, 0.2) is 81.8 Å². The van der Waals surface area contributed by atoms with Gasteiger partial charge in [-0.15, -0.1) is 0 Å². The second-order valence-electron chi connectivity index (χ2n) is 8.55. The van der Waals surface area contributed by atoms with Crippen molar-refractivity contribution in [3.63, 3.8) is 0 Å². The van der Waals surface area contributed by atoms with E-state index in [9.17, 15) is 4.79 Å². The van der Waals surface area contributed by atoms with E-state index in [2.05, 4.69) is 11.9 Å². The fourth-order valence-electron chi connectivity index (χ4n) is 4.46. The van der Waals surface area contributed by atoms with E-state index < -0.39 is 0 Å². The Morgan fingerprint density at radius 2 is 1.79 bits per heavy atom. The summed E-state index contributed by atoms with van der Waals surface area (Å²) in [6.45, 7) is 2.58. The van der Waals surface area contributed by atoms with E-state index in [4.69, 9.17) is 13.6 Å². The summed E-state index contributed by atoms with van der Waals surface area (Å²) in [6, 6.07) is 21.3. The maximum absolute atomic E-state index is 14.0. The van der Waals surface area contributed by atoms with Crippen LogP contribution in [0.1, 0.15) is 34.7 Å². The summed E-state index contributed by atoms with van der Waals surface area (Å²) in [5.74, 6) is 1.74. The van der Waals surface area contributed by atoms with Crippen molar-refractivity contribution in [1.29, 1.82) is 0 Å². The van der Waals surface area contributed by atoms with Crippen LogP contribution in [0.25, 0.3) is 11.0 Å². The molecule has 33 heavy (non-hydrogen) atoms. The number of piperidine rings is 1. The van der Waals surface area contributed by atoms with Crippen molar-refractivity contribution in [2.45, 2.75) is 32.0 Å². The predicted octanol–water partition coefficient (Wildman–Crippen LogP) is 5.34. The number of carbonyl (C=O) groups is 1. The topological polar surface area (TPSA) is 59.1 Å². The van der Waals surface area contributed by atoms with Gasteiger partial charge in [0.2, 0.25) is 0 Å². The number of amides is 1. The third-order valence-electron chi connectivity index (χ3n) is 6.31. The normalized spacial score (nSPS) is 15.1. The zero-order valence-corrected chi connectivity index (χ0v) is 18.8. The molecule has 5 rings (SSSR count). The Hall–Kier alpha value is -3.51. The number of likely N-dealkylation sites (tertiary alicyclic amines) is 1. The molecule has 0 radical (unpaired) electrons. The predicted molar refractivity (Wildman–Crippen MR) is 126 cm³/mol. The van der Waals surface area contributed by atoms with E-state index >= 15 is 0 Å². The molecule has 3 heterocycles. The lowest BCUT2D eigenvalue weighted by atomic mass is 10.0. The Labute approximate surface area is 193 Å². The second-order valence-corrected chi connectivity index (χ2v) is 8.55. The maximum Gasteiger partial charge on any atom is 0.290 e. The summed E-state index contributed by atoms with van der Waals surface area (Å²) < 4.78 is 17.8. The Balaban J connectivity index is 1.49. The molecule has 1 fully saturated rings. The zero-order chi connectivity index (χ0) is 22.6. The van der Waals surface area contributed by atoms with Gasteiger partial charge in [0.1, 0.15) is 23.7 Å². The molecule has 0 atom stereocenters. The summed E-state index contributed by atoms with van der Waals surface area (Å²) in [6.07, 6.45) is 3.48. The minimum absolute atomic E-state index is 0.120. The van der Waals surface area contributed by atoms with Crippen LogP contribution in [0.5, 0.6) is 5.75 Å². The van der Waals surface area contributed by atoms with Gasteiger partial charge in [-0.25, -0.2) is 0 Å². The molecule has 6 nitrogen and oxygen atoms in total. The van der Waals surface area contributed by atoms with Gasteiger partial charge in [0.25, 0.3) is 5.91 Å². The van der Waals surface area contributed by atoms with Gasteiger partial charge in [0.05, 0.1) is 12.8 Å². The largest absolute Gasteiger partial charge is 0.489 e. The number of rotatable bonds is 7. The number of carbonyl (C=O) groups excluding carboxylic acids is 1. The smallest absolute Gasteiger partial charge is 0.290 e. The molecular weight excluding hydrogens is 416 g/mol. The van der Waals surface area contributed by atoms with Crippen molar-refractivity contribution >= 4 is 16.9 Å². The van der Waals surface area contributed by atoms with Crippen LogP contribution in [0.4, 0.5) is 0 Å². The molecule has 1 saturated heterocycles. The van der Waals surface area contributed by atoms with Crippen LogP contribution in [-0.2, 0) is 13.2 Å². The molecule has 0 saturated carbocycles. The van der Waals surface area contributed by atoms with Gasteiger partial charge in [-0.2, -0.15) is 0 Å². The maximum atomic E-state index is 14.0. The van der Waals surface area contributed by atoms with Gasteiger partial charge in [-0.1, -0.05) is 36.4 Å². The van der Waals surface area contributed by atoms with Gasteiger partial charge < -0.3 is 23.4 Å². The Bertz CT molecular complexity index is 1190. The average Bonchev–Trinajstić information content (AvgIpc) is 3.50. The Morgan fingerprint density at radius 1 is 1.03 bits per heavy atom. The van der Waals surface area contributed by atoms with E-state index in [-0.39, 0.29) is 18.6 Å². The van der Waals surface area contributed by atoms with Crippen molar-refractivity contribution in [3.05, 3.63) is 90.1 Å². The molecule has 0 unspecified atom stereocenters. The number of para-hydroxylation sites is 2. The molecule has 0 N–H and O–H groups in total. The number of hydrogen-bond acceptors (Lipinski definition) is 5. The fraction of sp³-hybridized carbons (Fsp3) is 0.296. The van der Waals surface area contributed by atoms with Crippen molar-refractivity contribution in [3.8, 4) is 5.75 Å². The first-order valence-electron chi connectivity index (χ1n) is 11.4. The Morgan fingerprint density at radius 3 is 2.55 bits per heavy atom. The van der Waals surface area contributed by atoms with E-state index in [0.717, 1.165) is 48.4 Å². The summed E-state index contributed by atoms with van der Waals surface area (Å²) in [5, 5.41) is 0.901. The number of fused-ring (bicyclic) bond motifs is 1. The van der Waals surface area contributed by atoms with Gasteiger partial charge in [0, 0.05) is 17.0 Å². The third-order valence-corrected chi connectivity index (χ3v) is 6.31. The highest BCUT2D eigenvalue weighted by Gasteiger charge is 2.32. The fourth-order valence-corrected chi connectivity index (χ4v) is 4.46. The van der Waals surface area contributed by atoms with Crippen molar-refractivity contribution in [2.75, 3.05) is 20.1 Å². The number of hydrogen-bond donors (Lipinski definition) is 0. The number of furan rings is 2. The lowest BCUT2D eigenvalue weighted by molar-refractivity contribution is 0.0518. The molecule has 2 aromatic carbocycles. The molecular formula is C27H28N2O4. The monoisotopic (exact) mass is 444 g/mol. The van der Waals surface area contributed by atoms with Gasteiger partial charge in [0.15, 0.2) is 5.76 Å². The van der Waals surface area contributed by atoms with E-state index in [1.807, 2.05) is 71.6 Å². The van der Waals surface area contributed by atoms with Crippen LogP contribution in [0, 0.1) is 0 Å². The summed E-state index contributed by atoms with van der Waals surface area (Å²) in [5.41, 5.74) is 1.46. The van der Waals surface area contributed by atoms with Crippen LogP contribution in [-0.4, -0.2) is 41.9 Å². The highest BCUT2D eigenvalue weighted by Crippen LogP contribution is 2.30. The summed E-state index contributed by atoms with van der Waals surface area (Å²) in [4.78, 5) is 18.2. The minimum atomic E-state index is -0.121. The molecule has 0 bridgehead atoms. The highest BCUT2D eigenvalue weighted by molar-refractivity contribution is 5.99. The standard InChI is InChI=1S/C27H28N2O4/c1-28-15-13-20(14-16-28)29(18-22-10-7-17-31-22)27(30)26-24(19-32-21-8-3-2-4-9-21)23-11-5-6-12-25(23)33-26/h2-12,17,20H,13-16,18-19H2,1H3. The first kappa shape index (κ1) is 21.3. The molecule has 170 valence electrons. The van der Waals surface area contributed by atoms with Gasteiger partial charge in [-0.3, -0.25) is 4.79 Å². The quantitative estimate of drug-likeness (QED) is 0.385. The van der Waals surface area contributed by atoms with E-state index in [1.165, 1.54) is 0 Å². The Kier molecular flexibility index (Phi) is 6.17. The SMILES string of the molecule is CN1CCC(N(Cc2ccco2)C(=O)c2oc3ccccc3c2COc2ccccc2)CC1. The molecule has 4 aromatic rings. The second kappa shape index (κ2) is 9.55. The number of ether oxygens (including phenoxy) is 1. The van der Waals surface area contributed by atoms with Crippen LogP contribution in [0.3, 0.4) is 0 Å². The average molecular weight is 445 g/mol. The zero-order valence-electron chi connectivity index (χ0n) is 18.8. The number of nitrogens with zero attached hydrogens (tertiary/aromatic N) is 2. The summed E-state index contributed by atoms with van der Waals surface area (Å²) >= 11 is 0.